The number of aryl methyl sites for hydroxylation is 1. The van der Waals surface area contributed by atoms with E-state index in [0.717, 1.165) is 19.3 Å². The van der Waals surface area contributed by atoms with E-state index >= 15 is 0 Å². The van der Waals surface area contributed by atoms with Crippen LogP contribution in [-0.2, 0) is 6.42 Å². The van der Waals surface area contributed by atoms with Crippen molar-refractivity contribution in [1.82, 2.24) is 4.98 Å². The largest absolute Gasteiger partial charge is 0.469 e. The average Bonchev–Trinajstić information content (AvgIpc) is 2.48. The fraction of sp³-hybridized carbons (Fsp3) is 0.250. The molecule has 0 spiro atoms. The highest BCUT2D eigenvalue weighted by Crippen LogP contribution is 2.33. The molecule has 4 nitrogen and oxygen atoms in total. The van der Waals surface area contributed by atoms with E-state index in [1.165, 1.54) is 11.1 Å². The molecular weight excluding hydrogens is 250 g/mol. The van der Waals surface area contributed by atoms with Gasteiger partial charge in [0, 0.05) is 6.20 Å². The average molecular weight is 267 g/mol. The van der Waals surface area contributed by atoms with Crippen molar-refractivity contribution in [2.24, 2.45) is 5.73 Å². The number of nitrogens with zero attached hydrogens (tertiary/aromatic N) is 1. The Bertz CT molecular complexity index is 639. The predicted molar refractivity (Wildman–Crippen MR) is 78.0 cm³/mol. The Kier molecular flexibility index (Phi) is 3.37. The van der Waals surface area contributed by atoms with Gasteiger partial charge in [0.05, 0.1) is 5.56 Å². The van der Waals surface area contributed by atoms with Gasteiger partial charge in [-0.2, -0.15) is 0 Å². The first-order valence-corrected chi connectivity index (χ1v) is 6.79. The second kappa shape index (κ2) is 5.33. The third-order valence-corrected chi connectivity index (χ3v) is 3.63. The van der Waals surface area contributed by atoms with Crippen LogP contribution in [0.1, 0.15) is 35.6 Å². The molecule has 20 heavy (non-hydrogen) atoms. The molecule has 1 aromatic carbocycles. The van der Waals surface area contributed by atoms with E-state index in [2.05, 4.69) is 23.2 Å². The van der Waals surface area contributed by atoms with Crippen molar-refractivity contribution in [1.29, 1.82) is 5.41 Å². The van der Waals surface area contributed by atoms with Crippen molar-refractivity contribution < 1.29 is 4.74 Å². The molecule has 0 radical (unpaired) electrons. The third kappa shape index (κ3) is 2.37. The second-order valence-electron chi connectivity index (χ2n) is 4.97. The third-order valence-electron chi connectivity index (χ3n) is 3.63. The second-order valence-corrected chi connectivity index (χ2v) is 4.97. The maximum Gasteiger partial charge on any atom is 0.225 e. The molecule has 1 unspecified atom stereocenters. The molecule has 0 amide bonds. The van der Waals surface area contributed by atoms with E-state index in [0.29, 0.717) is 11.4 Å². The molecule has 3 N–H and O–H groups in total. The number of nitrogens with one attached hydrogen (secondary N) is 1. The highest BCUT2D eigenvalue weighted by molar-refractivity contribution is 5.96. The summed E-state index contributed by atoms with van der Waals surface area (Å²) in [7, 11) is 0. The van der Waals surface area contributed by atoms with Crippen LogP contribution in [0.3, 0.4) is 0 Å². The van der Waals surface area contributed by atoms with Gasteiger partial charge in [-0.3, -0.25) is 5.41 Å². The van der Waals surface area contributed by atoms with Crippen LogP contribution >= 0.6 is 0 Å². The van der Waals surface area contributed by atoms with Crippen molar-refractivity contribution >= 4 is 5.84 Å². The van der Waals surface area contributed by atoms with Crippen LogP contribution in [0.2, 0.25) is 0 Å². The Morgan fingerprint density at radius 3 is 2.95 bits per heavy atom. The Balaban J connectivity index is 1.92. The Hall–Kier alpha value is -2.36. The summed E-state index contributed by atoms with van der Waals surface area (Å²) in [5.41, 5.74) is 8.69. The van der Waals surface area contributed by atoms with E-state index in [1.807, 2.05) is 6.07 Å². The summed E-state index contributed by atoms with van der Waals surface area (Å²) >= 11 is 0. The molecule has 1 heterocycles. The summed E-state index contributed by atoms with van der Waals surface area (Å²) in [6, 6.07) is 11.9. The van der Waals surface area contributed by atoms with Crippen molar-refractivity contribution in [3.05, 3.63) is 59.3 Å². The topological polar surface area (TPSA) is 72.0 Å². The zero-order valence-corrected chi connectivity index (χ0v) is 11.2. The van der Waals surface area contributed by atoms with Crippen LogP contribution in [0.15, 0.2) is 42.6 Å². The zero-order chi connectivity index (χ0) is 13.9. The van der Waals surface area contributed by atoms with E-state index in [1.54, 1.807) is 18.3 Å². The van der Waals surface area contributed by atoms with Gasteiger partial charge in [0.1, 0.15) is 11.9 Å². The molecule has 0 bridgehead atoms. The summed E-state index contributed by atoms with van der Waals surface area (Å²) in [6.45, 7) is 0. The highest BCUT2D eigenvalue weighted by Gasteiger charge is 2.22. The van der Waals surface area contributed by atoms with Gasteiger partial charge in [0.25, 0.3) is 0 Å². The Morgan fingerprint density at radius 1 is 1.25 bits per heavy atom. The summed E-state index contributed by atoms with van der Waals surface area (Å²) in [6.07, 6.45) is 4.82. The molecule has 0 fully saturated rings. The summed E-state index contributed by atoms with van der Waals surface area (Å²) < 4.78 is 6.04. The fourth-order valence-corrected chi connectivity index (χ4v) is 2.66. The molecule has 3 rings (SSSR count). The smallest absolute Gasteiger partial charge is 0.225 e. The lowest BCUT2D eigenvalue weighted by Crippen LogP contribution is -2.19. The molecule has 4 heteroatoms. The molecule has 2 aromatic rings. The summed E-state index contributed by atoms with van der Waals surface area (Å²) in [5, 5.41) is 7.60. The molecule has 0 aliphatic heterocycles. The monoisotopic (exact) mass is 267 g/mol. The molecule has 1 aromatic heterocycles. The number of nitrogens with two attached hydrogens (primary N) is 1. The number of hydrogen-bond donors (Lipinski definition) is 2. The number of amidine groups is 1. The molecule has 1 aliphatic rings. The molecule has 1 atom stereocenters. The van der Waals surface area contributed by atoms with Gasteiger partial charge in [-0.1, -0.05) is 24.3 Å². The number of fused-ring (bicyclic) bond motifs is 1. The Morgan fingerprint density at radius 2 is 2.10 bits per heavy atom. The number of ether oxygens (including phenoxy) is 1. The number of benzene rings is 1. The van der Waals surface area contributed by atoms with Crippen molar-refractivity contribution in [3.63, 3.8) is 0 Å². The maximum absolute atomic E-state index is 7.60. The predicted octanol–water partition coefficient (Wildman–Crippen LogP) is 2.82. The van der Waals surface area contributed by atoms with Gasteiger partial charge in [-0.05, 0) is 42.5 Å². The van der Waals surface area contributed by atoms with Gasteiger partial charge in [0.15, 0.2) is 0 Å². The molecule has 1 aliphatic carbocycles. The van der Waals surface area contributed by atoms with Gasteiger partial charge >= 0.3 is 0 Å². The lowest BCUT2D eigenvalue weighted by Gasteiger charge is -2.26. The minimum atomic E-state index is -0.0165. The minimum Gasteiger partial charge on any atom is -0.469 e. The quantitative estimate of drug-likeness (QED) is 0.663. The fourth-order valence-electron chi connectivity index (χ4n) is 2.66. The van der Waals surface area contributed by atoms with E-state index < -0.39 is 0 Å². The number of aromatic nitrogens is 1. The van der Waals surface area contributed by atoms with Crippen molar-refractivity contribution in [2.45, 2.75) is 25.4 Å². The van der Waals surface area contributed by atoms with Crippen LogP contribution < -0.4 is 10.5 Å². The first kappa shape index (κ1) is 12.7. The SMILES string of the molecule is N=C(N)c1cccnc1OC1CCCc2ccccc21. The van der Waals surface area contributed by atoms with Crippen LogP contribution in [-0.4, -0.2) is 10.8 Å². The van der Waals surface area contributed by atoms with E-state index in [-0.39, 0.29) is 11.9 Å². The summed E-state index contributed by atoms with van der Waals surface area (Å²) in [5.74, 6) is 0.430. The van der Waals surface area contributed by atoms with Gasteiger partial charge in [-0.15, -0.1) is 0 Å². The van der Waals surface area contributed by atoms with Crippen molar-refractivity contribution in [2.75, 3.05) is 0 Å². The molecule has 102 valence electrons. The van der Waals surface area contributed by atoms with Gasteiger partial charge < -0.3 is 10.5 Å². The highest BCUT2D eigenvalue weighted by atomic mass is 16.5. The zero-order valence-electron chi connectivity index (χ0n) is 11.2. The van der Waals surface area contributed by atoms with Crippen molar-refractivity contribution in [3.8, 4) is 5.88 Å². The number of rotatable bonds is 3. The van der Waals surface area contributed by atoms with E-state index in [4.69, 9.17) is 15.9 Å². The molecule has 0 saturated carbocycles. The molecular formula is C16H17N3O. The summed E-state index contributed by atoms with van der Waals surface area (Å²) in [4.78, 5) is 4.22. The van der Waals surface area contributed by atoms with Crippen LogP contribution in [0.25, 0.3) is 0 Å². The normalized spacial score (nSPS) is 17.3. The lowest BCUT2D eigenvalue weighted by atomic mass is 9.89. The maximum atomic E-state index is 7.60. The first-order valence-electron chi connectivity index (χ1n) is 6.79. The van der Waals surface area contributed by atoms with E-state index in [9.17, 15) is 0 Å². The minimum absolute atomic E-state index is 0.00653. The van der Waals surface area contributed by atoms with Crippen LogP contribution in [0.5, 0.6) is 5.88 Å². The van der Waals surface area contributed by atoms with Crippen LogP contribution in [0.4, 0.5) is 0 Å². The number of nitrogen functional groups attached to an aromatic ring is 1. The molecule has 0 saturated heterocycles. The van der Waals surface area contributed by atoms with Gasteiger partial charge in [0.2, 0.25) is 5.88 Å². The van der Waals surface area contributed by atoms with Gasteiger partial charge in [-0.25, -0.2) is 4.98 Å². The number of hydrogen-bond acceptors (Lipinski definition) is 3. The Labute approximate surface area is 118 Å². The lowest BCUT2D eigenvalue weighted by molar-refractivity contribution is 0.175. The van der Waals surface area contributed by atoms with Crippen LogP contribution in [0, 0.1) is 5.41 Å². The number of pyridine rings is 1. The first-order chi connectivity index (χ1) is 9.75. The standard InChI is InChI=1S/C16H17N3O/c17-15(18)13-8-4-10-19-16(13)20-14-9-3-6-11-5-1-2-7-12(11)14/h1-2,4-5,7-8,10,14H,3,6,9H2,(H3,17,18).